The van der Waals surface area contributed by atoms with Crippen LogP contribution in [0.15, 0.2) is 18.3 Å². The number of pyridine rings is 1. The van der Waals surface area contributed by atoms with E-state index in [-0.39, 0.29) is 0 Å². The summed E-state index contributed by atoms with van der Waals surface area (Å²) in [5.74, 6) is 0.202. The van der Waals surface area contributed by atoms with Crippen molar-refractivity contribution in [2.45, 2.75) is 32.2 Å². The van der Waals surface area contributed by atoms with E-state index in [4.69, 9.17) is 5.73 Å². The third-order valence-corrected chi connectivity index (χ3v) is 3.23. The van der Waals surface area contributed by atoms with Crippen molar-refractivity contribution in [2.75, 3.05) is 5.32 Å². The molecule has 0 spiro atoms. The molecule has 0 radical (unpaired) electrons. The molecule has 4 nitrogen and oxygen atoms in total. The van der Waals surface area contributed by atoms with Crippen LogP contribution in [0.3, 0.4) is 0 Å². The summed E-state index contributed by atoms with van der Waals surface area (Å²) in [6, 6.07) is 4.09. The molecule has 1 aromatic rings. The molecule has 86 valence electrons. The summed E-state index contributed by atoms with van der Waals surface area (Å²) < 4.78 is 0. The van der Waals surface area contributed by atoms with Gasteiger partial charge in [-0.1, -0.05) is 13.3 Å². The third-order valence-electron chi connectivity index (χ3n) is 3.23. The van der Waals surface area contributed by atoms with Crippen molar-refractivity contribution in [3.63, 3.8) is 0 Å². The Labute approximate surface area is 95.3 Å². The molecule has 1 amide bonds. The Hall–Kier alpha value is -1.58. The summed E-state index contributed by atoms with van der Waals surface area (Å²) in [6.45, 7) is 2.25. The summed E-state index contributed by atoms with van der Waals surface area (Å²) in [7, 11) is 0. The normalized spacial score (nSPS) is 24.3. The molecule has 1 aliphatic rings. The zero-order valence-electron chi connectivity index (χ0n) is 9.44. The average Bonchev–Trinajstić information content (AvgIpc) is 2.65. The fourth-order valence-electron chi connectivity index (χ4n) is 2.23. The number of rotatable bonds is 3. The zero-order chi connectivity index (χ0) is 11.5. The van der Waals surface area contributed by atoms with E-state index < -0.39 is 5.91 Å². The predicted molar refractivity (Wildman–Crippen MR) is 63.2 cm³/mol. The lowest BCUT2D eigenvalue weighted by atomic mass is 10.1. The number of amides is 1. The van der Waals surface area contributed by atoms with Gasteiger partial charge in [-0.05, 0) is 30.9 Å². The Bertz CT molecular complexity index is 392. The average molecular weight is 219 g/mol. The van der Waals surface area contributed by atoms with Gasteiger partial charge in [-0.25, -0.2) is 0 Å². The van der Waals surface area contributed by atoms with E-state index in [0.29, 0.717) is 17.7 Å². The smallest absolute Gasteiger partial charge is 0.267 e. The van der Waals surface area contributed by atoms with E-state index in [1.807, 2.05) is 6.07 Å². The molecule has 0 aliphatic heterocycles. The van der Waals surface area contributed by atoms with Crippen molar-refractivity contribution in [1.82, 2.24) is 4.98 Å². The van der Waals surface area contributed by atoms with Crippen molar-refractivity contribution in [2.24, 2.45) is 11.7 Å². The predicted octanol–water partition coefficient (Wildman–Crippen LogP) is 1.78. The Morgan fingerprint density at radius 2 is 2.38 bits per heavy atom. The molecule has 16 heavy (non-hydrogen) atoms. The van der Waals surface area contributed by atoms with Crippen LogP contribution in [-0.2, 0) is 0 Å². The van der Waals surface area contributed by atoms with Crippen LogP contribution in [0.1, 0.15) is 36.7 Å². The highest BCUT2D eigenvalue weighted by atomic mass is 16.1. The Balaban J connectivity index is 2.09. The molecular weight excluding hydrogens is 202 g/mol. The van der Waals surface area contributed by atoms with Gasteiger partial charge >= 0.3 is 0 Å². The lowest BCUT2D eigenvalue weighted by molar-refractivity contribution is 0.0995. The van der Waals surface area contributed by atoms with Crippen LogP contribution < -0.4 is 11.1 Å². The first-order valence-electron chi connectivity index (χ1n) is 5.69. The lowest BCUT2D eigenvalue weighted by Gasteiger charge is -2.18. The quantitative estimate of drug-likeness (QED) is 0.814. The molecule has 4 heteroatoms. The van der Waals surface area contributed by atoms with E-state index in [2.05, 4.69) is 17.2 Å². The highest BCUT2D eigenvalue weighted by Gasteiger charge is 2.23. The van der Waals surface area contributed by atoms with Gasteiger partial charge in [0.1, 0.15) is 5.69 Å². The van der Waals surface area contributed by atoms with Crippen molar-refractivity contribution >= 4 is 11.6 Å². The second-order valence-corrected chi connectivity index (χ2v) is 4.45. The second kappa shape index (κ2) is 4.51. The Morgan fingerprint density at radius 3 is 3.00 bits per heavy atom. The molecule has 0 aromatic carbocycles. The summed E-state index contributed by atoms with van der Waals surface area (Å²) in [4.78, 5) is 14.9. The molecule has 2 atom stereocenters. The number of hydrogen-bond donors (Lipinski definition) is 2. The van der Waals surface area contributed by atoms with Crippen LogP contribution in [-0.4, -0.2) is 16.9 Å². The summed E-state index contributed by atoms with van der Waals surface area (Å²) >= 11 is 0. The second-order valence-electron chi connectivity index (χ2n) is 4.45. The van der Waals surface area contributed by atoms with Crippen molar-refractivity contribution in [3.8, 4) is 0 Å². The number of aromatic nitrogens is 1. The van der Waals surface area contributed by atoms with Crippen LogP contribution in [0.2, 0.25) is 0 Å². The first-order chi connectivity index (χ1) is 7.66. The van der Waals surface area contributed by atoms with Gasteiger partial charge in [0.05, 0.1) is 0 Å². The minimum absolute atomic E-state index is 0.315. The fourth-order valence-corrected chi connectivity index (χ4v) is 2.23. The number of nitrogens with two attached hydrogens (primary N) is 1. The highest BCUT2D eigenvalue weighted by molar-refractivity contribution is 5.91. The third kappa shape index (κ3) is 2.32. The number of hydrogen-bond acceptors (Lipinski definition) is 3. The van der Waals surface area contributed by atoms with Gasteiger partial charge in [0.15, 0.2) is 0 Å². The highest BCUT2D eigenvalue weighted by Crippen LogP contribution is 2.27. The standard InChI is InChI=1S/C12H17N3O/c1-8-3-2-4-10(8)15-9-5-6-14-11(7-9)12(13)16/h5-8,10H,2-4H2,1H3,(H2,13,16)(H,14,15). The molecule has 1 saturated carbocycles. The van der Waals surface area contributed by atoms with Gasteiger partial charge in [-0.3, -0.25) is 9.78 Å². The van der Waals surface area contributed by atoms with E-state index in [0.717, 1.165) is 5.69 Å². The number of carbonyl (C=O) groups excluding carboxylic acids is 1. The van der Waals surface area contributed by atoms with Gasteiger partial charge in [0, 0.05) is 17.9 Å². The monoisotopic (exact) mass is 219 g/mol. The Kier molecular flexibility index (Phi) is 3.08. The topological polar surface area (TPSA) is 68.0 Å². The maximum atomic E-state index is 11.0. The van der Waals surface area contributed by atoms with Gasteiger partial charge < -0.3 is 11.1 Å². The van der Waals surface area contributed by atoms with Crippen LogP contribution in [0.4, 0.5) is 5.69 Å². The molecular formula is C12H17N3O. The molecule has 0 saturated heterocycles. The molecule has 0 bridgehead atoms. The van der Waals surface area contributed by atoms with E-state index in [9.17, 15) is 4.79 Å². The molecule has 2 unspecified atom stereocenters. The first kappa shape index (κ1) is 10.9. The van der Waals surface area contributed by atoms with E-state index in [1.165, 1.54) is 19.3 Å². The molecule has 2 rings (SSSR count). The van der Waals surface area contributed by atoms with Crippen LogP contribution in [0, 0.1) is 5.92 Å². The fraction of sp³-hybridized carbons (Fsp3) is 0.500. The number of anilines is 1. The number of primary amides is 1. The van der Waals surface area contributed by atoms with Crippen LogP contribution in [0.25, 0.3) is 0 Å². The molecule has 1 aliphatic carbocycles. The number of carbonyl (C=O) groups is 1. The first-order valence-corrected chi connectivity index (χ1v) is 5.69. The largest absolute Gasteiger partial charge is 0.382 e. The van der Waals surface area contributed by atoms with Gasteiger partial charge in [-0.2, -0.15) is 0 Å². The van der Waals surface area contributed by atoms with E-state index >= 15 is 0 Å². The summed E-state index contributed by atoms with van der Waals surface area (Å²) in [5.41, 5.74) is 6.44. The van der Waals surface area contributed by atoms with Gasteiger partial charge in [0.2, 0.25) is 0 Å². The minimum Gasteiger partial charge on any atom is -0.382 e. The van der Waals surface area contributed by atoms with Crippen LogP contribution >= 0.6 is 0 Å². The molecule has 3 N–H and O–H groups in total. The summed E-state index contributed by atoms with van der Waals surface area (Å²) in [5, 5.41) is 3.44. The maximum absolute atomic E-state index is 11.0. The molecule has 1 fully saturated rings. The Morgan fingerprint density at radius 1 is 1.56 bits per heavy atom. The zero-order valence-corrected chi connectivity index (χ0v) is 9.44. The van der Waals surface area contributed by atoms with Gasteiger partial charge in [-0.15, -0.1) is 0 Å². The number of nitrogens with one attached hydrogen (secondary N) is 1. The maximum Gasteiger partial charge on any atom is 0.267 e. The van der Waals surface area contributed by atoms with Crippen molar-refractivity contribution < 1.29 is 4.79 Å². The SMILES string of the molecule is CC1CCCC1Nc1ccnc(C(N)=O)c1. The summed E-state index contributed by atoms with van der Waals surface area (Å²) in [6.07, 6.45) is 5.34. The molecule has 1 aromatic heterocycles. The van der Waals surface area contributed by atoms with Crippen LogP contribution in [0.5, 0.6) is 0 Å². The molecule has 1 heterocycles. The van der Waals surface area contributed by atoms with Gasteiger partial charge in [0.25, 0.3) is 5.91 Å². The minimum atomic E-state index is -0.483. The lowest BCUT2D eigenvalue weighted by Crippen LogP contribution is -2.22. The van der Waals surface area contributed by atoms with Crippen molar-refractivity contribution in [3.05, 3.63) is 24.0 Å². The van der Waals surface area contributed by atoms with Crippen molar-refractivity contribution in [1.29, 1.82) is 0 Å². The van der Waals surface area contributed by atoms with E-state index in [1.54, 1.807) is 12.3 Å². The number of nitrogens with zero attached hydrogens (tertiary/aromatic N) is 1.